The molecule has 2 aromatic rings. The first-order chi connectivity index (χ1) is 12.9. The molecule has 1 amide bonds. The number of amides is 1. The van der Waals surface area contributed by atoms with Crippen LogP contribution >= 0.6 is 11.3 Å². The number of hydrogen-bond acceptors (Lipinski definition) is 8. The van der Waals surface area contributed by atoms with Crippen LogP contribution in [-0.2, 0) is 19.6 Å². The fourth-order valence-corrected chi connectivity index (χ4v) is 5.32. The van der Waals surface area contributed by atoms with Crippen molar-refractivity contribution in [2.75, 3.05) is 32.8 Å². The molecule has 2 aromatic heterocycles. The van der Waals surface area contributed by atoms with Crippen LogP contribution in [0.2, 0.25) is 0 Å². The van der Waals surface area contributed by atoms with Crippen molar-refractivity contribution < 1.29 is 22.5 Å². The molecule has 1 aliphatic carbocycles. The Bertz CT molecular complexity index is 942. The van der Waals surface area contributed by atoms with Crippen molar-refractivity contribution in [3.63, 3.8) is 0 Å². The molecule has 0 unspecified atom stereocenters. The normalized spacial score (nSPS) is 18.0. The number of rotatable bonds is 6. The van der Waals surface area contributed by atoms with Crippen molar-refractivity contribution in [1.82, 2.24) is 19.8 Å². The van der Waals surface area contributed by atoms with Gasteiger partial charge in [-0.05, 0) is 25.8 Å². The molecule has 1 saturated carbocycles. The predicted octanol–water partition coefficient (Wildman–Crippen LogP) is 1.12. The topological polar surface area (TPSA) is 115 Å². The third-order valence-electron chi connectivity index (χ3n) is 4.53. The van der Waals surface area contributed by atoms with E-state index in [-0.39, 0.29) is 17.3 Å². The van der Waals surface area contributed by atoms with Crippen molar-refractivity contribution in [2.45, 2.75) is 30.6 Å². The number of thiophene rings is 1. The summed E-state index contributed by atoms with van der Waals surface area (Å²) in [6, 6.07) is 1.53. The molecule has 146 valence electrons. The van der Waals surface area contributed by atoms with Gasteiger partial charge < -0.3 is 14.2 Å². The van der Waals surface area contributed by atoms with Crippen LogP contribution in [0.3, 0.4) is 0 Å². The van der Waals surface area contributed by atoms with E-state index in [0.717, 1.165) is 12.8 Å². The number of aryl methyl sites for hydroxylation is 1. The second-order valence-electron chi connectivity index (χ2n) is 6.58. The van der Waals surface area contributed by atoms with Crippen LogP contribution in [0.25, 0.3) is 10.7 Å². The molecule has 27 heavy (non-hydrogen) atoms. The van der Waals surface area contributed by atoms with E-state index in [1.807, 2.05) is 0 Å². The molecule has 4 rings (SSSR count). The molecule has 0 atom stereocenters. The van der Waals surface area contributed by atoms with E-state index in [4.69, 9.17) is 9.26 Å². The Hall–Kier alpha value is -1.82. The third-order valence-corrected chi connectivity index (χ3v) is 7.23. The Morgan fingerprint density at radius 2 is 2.11 bits per heavy atom. The SMILES string of the molecule is Cc1sc(-c2noc(C3CC3)n2)cc1S(=O)(=O)NCC(=O)N1CCOCC1. The van der Waals surface area contributed by atoms with Gasteiger partial charge in [-0.1, -0.05) is 5.16 Å². The van der Waals surface area contributed by atoms with Crippen LogP contribution in [-0.4, -0.2) is 62.2 Å². The lowest BCUT2D eigenvalue weighted by atomic mass is 10.4. The zero-order chi connectivity index (χ0) is 19.0. The Labute approximate surface area is 160 Å². The van der Waals surface area contributed by atoms with Crippen LogP contribution in [0.15, 0.2) is 15.5 Å². The first-order valence-corrected chi connectivity index (χ1v) is 11.0. The smallest absolute Gasteiger partial charge is 0.242 e. The van der Waals surface area contributed by atoms with E-state index in [1.165, 1.54) is 17.4 Å². The number of hydrogen-bond donors (Lipinski definition) is 1. The third kappa shape index (κ3) is 4.05. The van der Waals surface area contributed by atoms with Gasteiger partial charge in [-0.3, -0.25) is 4.79 Å². The van der Waals surface area contributed by atoms with E-state index in [2.05, 4.69) is 14.9 Å². The molecule has 1 aliphatic heterocycles. The molecule has 2 aliphatic rings. The summed E-state index contributed by atoms with van der Waals surface area (Å²) < 4.78 is 38.1. The van der Waals surface area contributed by atoms with E-state index in [0.29, 0.717) is 53.7 Å². The number of nitrogens with one attached hydrogen (secondary N) is 1. The van der Waals surface area contributed by atoms with Gasteiger partial charge in [-0.2, -0.15) is 4.98 Å². The van der Waals surface area contributed by atoms with Crippen molar-refractivity contribution >= 4 is 27.3 Å². The van der Waals surface area contributed by atoms with Crippen LogP contribution in [0, 0.1) is 6.92 Å². The van der Waals surface area contributed by atoms with Gasteiger partial charge in [0.25, 0.3) is 0 Å². The van der Waals surface area contributed by atoms with Crippen LogP contribution in [0.5, 0.6) is 0 Å². The summed E-state index contributed by atoms with van der Waals surface area (Å²) in [5, 5.41) is 3.96. The van der Waals surface area contributed by atoms with Gasteiger partial charge in [0.15, 0.2) is 0 Å². The minimum atomic E-state index is -3.81. The predicted molar refractivity (Wildman–Crippen MR) is 96.9 cm³/mol. The molecule has 0 spiro atoms. The fourth-order valence-electron chi connectivity index (χ4n) is 2.83. The first-order valence-electron chi connectivity index (χ1n) is 8.73. The highest BCUT2D eigenvalue weighted by Crippen LogP contribution is 2.40. The highest BCUT2D eigenvalue weighted by Gasteiger charge is 2.30. The molecular weight excluding hydrogens is 392 g/mol. The Kier molecular flexibility index (Phi) is 5.01. The maximum Gasteiger partial charge on any atom is 0.242 e. The molecule has 1 N–H and O–H groups in total. The molecule has 3 heterocycles. The molecule has 2 fully saturated rings. The summed E-state index contributed by atoms with van der Waals surface area (Å²) in [5.74, 6) is 1.08. The van der Waals surface area contributed by atoms with Crippen molar-refractivity contribution in [3.8, 4) is 10.7 Å². The van der Waals surface area contributed by atoms with E-state index in [1.54, 1.807) is 11.8 Å². The number of carbonyl (C=O) groups is 1. The molecule has 0 bridgehead atoms. The average molecular weight is 412 g/mol. The van der Waals surface area contributed by atoms with Crippen LogP contribution < -0.4 is 4.72 Å². The average Bonchev–Trinajstić information content (AvgIpc) is 3.25. The monoisotopic (exact) mass is 412 g/mol. The zero-order valence-corrected chi connectivity index (χ0v) is 16.4. The molecule has 0 aromatic carbocycles. The number of sulfonamides is 1. The number of morpholine rings is 1. The lowest BCUT2D eigenvalue weighted by Gasteiger charge is -2.26. The standard InChI is InChI=1S/C16H20N4O5S2/c1-10-13(8-12(26-10)15-18-16(25-19-15)11-2-3-11)27(22,23)17-9-14(21)20-4-6-24-7-5-20/h8,11,17H,2-7,9H2,1H3. The minimum absolute atomic E-state index is 0.134. The summed E-state index contributed by atoms with van der Waals surface area (Å²) in [6.45, 7) is 3.33. The lowest BCUT2D eigenvalue weighted by Crippen LogP contribution is -2.45. The van der Waals surface area contributed by atoms with Crippen molar-refractivity contribution in [1.29, 1.82) is 0 Å². The second kappa shape index (κ2) is 7.30. The molecule has 11 heteroatoms. The Morgan fingerprint density at radius 1 is 1.37 bits per heavy atom. The van der Waals surface area contributed by atoms with Gasteiger partial charge >= 0.3 is 0 Å². The van der Waals surface area contributed by atoms with Gasteiger partial charge in [0.2, 0.25) is 27.6 Å². The fraction of sp³-hybridized carbons (Fsp3) is 0.562. The van der Waals surface area contributed by atoms with Gasteiger partial charge in [-0.15, -0.1) is 11.3 Å². The summed E-state index contributed by atoms with van der Waals surface area (Å²) in [5.41, 5.74) is 0. The summed E-state index contributed by atoms with van der Waals surface area (Å²) in [4.78, 5) is 19.5. The largest absolute Gasteiger partial charge is 0.378 e. The number of aromatic nitrogens is 2. The van der Waals surface area contributed by atoms with Crippen LogP contribution in [0.1, 0.15) is 29.5 Å². The zero-order valence-electron chi connectivity index (χ0n) is 14.8. The summed E-state index contributed by atoms with van der Waals surface area (Å²) in [6.07, 6.45) is 2.09. The number of ether oxygens (including phenoxy) is 1. The van der Waals surface area contributed by atoms with Gasteiger partial charge in [0.1, 0.15) is 0 Å². The summed E-state index contributed by atoms with van der Waals surface area (Å²) in [7, 11) is -3.81. The maximum absolute atomic E-state index is 12.6. The molecule has 0 radical (unpaired) electrons. The molecule has 9 nitrogen and oxygen atoms in total. The Balaban J connectivity index is 1.46. The van der Waals surface area contributed by atoms with Crippen LogP contribution in [0.4, 0.5) is 0 Å². The molecular formula is C16H20N4O5S2. The van der Waals surface area contributed by atoms with E-state index >= 15 is 0 Å². The molecule has 1 saturated heterocycles. The second-order valence-corrected chi connectivity index (χ2v) is 9.57. The minimum Gasteiger partial charge on any atom is -0.378 e. The highest BCUT2D eigenvalue weighted by atomic mass is 32.2. The maximum atomic E-state index is 12.6. The summed E-state index contributed by atoms with van der Waals surface area (Å²) >= 11 is 1.29. The first kappa shape index (κ1) is 18.5. The van der Waals surface area contributed by atoms with Gasteiger partial charge in [-0.25, -0.2) is 13.1 Å². The Morgan fingerprint density at radius 3 is 2.81 bits per heavy atom. The quantitative estimate of drug-likeness (QED) is 0.756. The van der Waals surface area contributed by atoms with E-state index in [9.17, 15) is 13.2 Å². The van der Waals surface area contributed by atoms with Crippen molar-refractivity contribution in [3.05, 3.63) is 16.8 Å². The van der Waals surface area contributed by atoms with Gasteiger partial charge in [0, 0.05) is 23.9 Å². The van der Waals surface area contributed by atoms with Gasteiger partial charge in [0.05, 0.1) is 29.5 Å². The number of nitrogens with zero attached hydrogens (tertiary/aromatic N) is 3. The highest BCUT2D eigenvalue weighted by molar-refractivity contribution is 7.89. The van der Waals surface area contributed by atoms with E-state index < -0.39 is 10.0 Å². The lowest BCUT2D eigenvalue weighted by molar-refractivity contribution is -0.133. The van der Waals surface area contributed by atoms with Crippen molar-refractivity contribution in [2.24, 2.45) is 0 Å². The number of carbonyl (C=O) groups excluding carboxylic acids is 1.